The number of halogens is 4. The highest BCUT2D eigenvalue weighted by Gasteiger charge is 2.42. The number of aryl methyl sites for hydroxylation is 1. The van der Waals surface area contributed by atoms with Crippen molar-refractivity contribution in [3.05, 3.63) is 59.1 Å². The fourth-order valence-corrected chi connectivity index (χ4v) is 2.80. The van der Waals surface area contributed by atoms with Gasteiger partial charge >= 0.3 is 6.18 Å². The van der Waals surface area contributed by atoms with Crippen LogP contribution in [0, 0.1) is 12.7 Å². The van der Waals surface area contributed by atoms with Gasteiger partial charge < -0.3 is 19.9 Å². The summed E-state index contributed by atoms with van der Waals surface area (Å²) < 4.78 is 63.8. The predicted octanol–water partition coefficient (Wildman–Crippen LogP) is 3.22. The van der Waals surface area contributed by atoms with Crippen molar-refractivity contribution in [2.75, 3.05) is 6.54 Å². The fourth-order valence-electron chi connectivity index (χ4n) is 2.80. The van der Waals surface area contributed by atoms with E-state index < -0.39 is 23.9 Å². The molecule has 0 aliphatic carbocycles. The molecule has 1 aliphatic heterocycles. The molecule has 0 unspecified atom stereocenters. The van der Waals surface area contributed by atoms with Crippen molar-refractivity contribution in [3.63, 3.8) is 0 Å². The van der Waals surface area contributed by atoms with Crippen LogP contribution in [0.1, 0.15) is 18.2 Å². The maximum absolute atomic E-state index is 13.3. The predicted molar refractivity (Wildman–Crippen MR) is 96.8 cm³/mol. The van der Waals surface area contributed by atoms with Crippen LogP contribution in [0.2, 0.25) is 0 Å². The number of carbonyl (C=O) groups excluding carboxylic acids is 1. The number of nitrogens with zero attached hydrogens (tertiary/aromatic N) is 3. The number of nitrogens with two attached hydrogens (primary N) is 1. The number of carbonyl (C=O) groups is 1. The van der Waals surface area contributed by atoms with Crippen molar-refractivity contribution in [3.8, 4) is 11.4 Å². The van der Waals surface area contributed by atoms with E-state index in [-0.39, 0.29) is 30.3 Å². The zero-order chi connectivity index (χ0) is 22.1. The number of rotatable bonds is 6. The Kier molecular flexibility index (Phi) is 5.81. The molecule has 3 heterocycles. The Bertz CT molecular complexity index is 996. The van der Waals surface area contributed by atoms with E-state index in [4.69, 9.17) is 15.0 Å². The molecule has 0 radical (unpaired) electrons. The number of pyridine rings is 1. The zero-order valence-corrected chi connectivity index (χ0v) is 16.0. The standard InChI is InChI=1S/C19H18F4N4O3/c1-10-14(17(26-30-10)15-5-4-13(20)7-25-15)9-29-16-6-3-12(18(24)28)8-27(16)11(2)19(21,22)23/h3-7,11H,8-9H2,1-2H3,(H2,24,28)/t11-/m0/s1. The summed E-state index contributed by atoms with van der Waals surface area (Å²) in [5.41, 5.74) is 6.28. The summed E-state index contributed by atoms with van der Waals surface area (Å²) in [6, 6.07) is 0.674. The molecule has 3 rings (SSSR count). The van der Waals surface area contributed by atoms with Gasteiger partial charge in [-0.25, -0.2) is 4.39 Å². The van der Waals surface area contributed by atoms with E-state index in [2.05, 4.69) is 10.1 Å². The minimum Gasteiger partial charge on any atom is -0.474 e. The lowest BCUT2D eigenvalue weighted by molar-refractivity contribution is -0.179. The number of hydrogen-bond donors (Lipinski definition) is 1. The highest BCUT2D eigenvalue weighted by Crippen LogP contribution is 2.31. The molecule has 2 aromatic rings. The monoisotopic (exact) mass is 426 g/mol. The maximum atomic E-state index is 13.3. The molecule has 160 valence electrons. The molecule has 2 N–H and O–H groups in total. The van der Waals surface area contributed by atoms with Crippen LogP contribution in [0.3, 0.4) is 0 Å². The van der Waals surface area contributed by atoms with Gasteiger partial charge in [0, 0.05) is 5.57 Å². The van der Waals surface area contributed by atoms with E-state index in [1.165, 1.54) is 24.3 Å². The number of amides is 1. The van der Waals surface area contributed by atoms with Crippen LogP contribution in [0.5, 0.6) is 0 Å². The van der Waals surface area contributed by atoms with Crippen LogP contribution in [0.15, 0.2) is 46.5 Å². The van der Waals surface area contributed by atoms with Gasteiger partial charge in [-0.3, -0.25) is 9.78 Å². The Hall–Kier alpha value is -3.37. The number of hydrogen-bond acceptors (Lipinski definition) is 6. The maximum Gasteiger partial charge on any atom is 0.408 e. The van der Waals surface area contributed by atoms with Gasteiger partial charge in [0.2, 0.25) is 5.91 Å². The normalized spacial score (nSPS) is 15.5. The number of aromatic nitrogens is 2. The molecule has 1 atom stereocenters. The summed E-state index contributed by atoms with van der Waals surface area (Å²) in [6.45, 7) is 2.03. The smallest absolute Gasteiger partial charge is 0.408 e. The van der Waals surface area contributed by atoms with Crippen LogP contribution in [-0.4, -0.2) is 39.7 Å². The van der Waals surface area contributed by atoms with Crippen LogP contribution < -0.4 is 5.73 Å². The second-order valence-corrected chi connectivity index (χ2v) is 6.62. The van der Waals surface area contributed by atoms with Gasteiger partial charge in [0.1, 0.15) is 29.9 Å². The first-order chi connectivity index (χ1) is 14.1. The molecule has 7 nitrogen and oxygen atoms in total. The van der Waals surface area contributed by atoms with E-state index in [1.54, 1.807) is 6.92 Å². The second-order valence-electron chi connectivity index (χ2n) is 6.62. The Balaban J connectivity index is 1.87. The largest absolute Gasteiger partial charge is 0.474 e. The molecule has 30 heavy (non-hydrogen) atoms. The number of alkyl halides is 3. The number of allylic oxidation sites excluding steroid dienone is 2. The van der Waals surface area contributed by atoms with Crippen molar-refractivity contribution in [2.45, 2.75) is 32.7 Å². The van der Waals surface area contributed by atoms with Crippen molar-refractivity contribution in [1.29, 1.82) is 0 Å². The molecule has 1 aliphatic rings. The Morgan fingerprint density at radius 2 is 2.10 bits per heavy atom. The molecule has 0 spiro atoms. The lowest BCUT2D eigenvalue weighted by Gasteiger charge is -2.35. The van der Waals surface area contributed by atoms with Crippen LogP contribution >= 0.6 is 0 Å². The molecule has 0 fully saturated rings. The Morgan fingerprint density at radius 1 is 1.37 bits per heavy atom. The van der Waals surface area contributed by atoms with E-state index in [1.807, 2.05) is 0 Å². The third-order valence-electron chi connectivity index (χ3n) is 4.63. The van der Waals surface area contributed by atoms with Crippen molar-refractivity contribution in [1.82, 2.24) is 15.0 Å². The summed E-state index contributed by atoms with van der Waals surface area (Å²) in [6.07, 6.45) is -0.972. The zero-order valence-electron chi connectivity index (χ0n) is 16.0. The van der Waals surface area contributed by atoms with Crippen LogP contribution in [0.25, 0.3) is 11.4 Å². The fraction of sp³-hybridized carbons (Fsp3) is 0.316. The van der Waals surface area contributed by atoms with E-state index in [0.29, 0.717) is 17.0 Å². The van der Waals surface area contributed by atoms with Crippen molar-refractivity contribution < 1.29 is 31.6 Å². The van der Waals surface area contributed by atoms with E-state index >= 15 is 0 Å². The van der Waals surface area contributed by atoms with Crippen molar-refractivity contribution in [2.24, 2.45) is 5.73 Å². The average molecular weight is 426 g/mol. The second kappa shape index (κ2) is 8.17. The van der Waals surface area contributed by atoms with Gasteiger partial charge in [-0.15, -0.1) is 0 Å². The van der Waals surface area contributed by atoms with Gasteiger partial charge in [-0.05, 0) is 38.1 Å². The first-order valence-electron chi connectivity index (χ1n) is 8.81. The van der Waals surface area contributed by atoms with Gasteiger partial charge in [0.15, 0.2) is 5.88 Å². The molecule has 0 saturated heterocycles. The minimum atomic E-state index is -4.56. The number of ether oxygens (including phenoxy) is 1. The van der Waals surface area contributed by atoms with Gasteiger partial charge in [-0.2, -0.15) is 13.2 Å². The molecule has 0 aromatic carbocycles. The SMILES string of the molecule is Cc1onc(-c2ccc(F)cn2)c1COC1=CC=C(C(N)=O)CN1[C@@H](C)C(F)(F)F. The summed E-state index contributed by atoms with van der Waals surface area (Å²) in [4.78, 5) is 16.3. The quantitative estimate of drug-likeness (QED) is 0.713. The van der Waals surface area contributed by atoms with Gasteiger partial charge in [0.25, 0.3) is 0 Å². The summed E-state index contributed by atoms with van der Waals surface area (Å²) in [5.74, 6) is -1.07. The lowest BCUT2D eigenvalue weighted by Crippen LogP contribution is -2.46. The molecule has 1 amide bonds. The average Bonchev–Trinajstić information content (AvgIpc) is 3.06. The van der Waals surface area contributed by atoms with Crippen LogP contribution in [-0.2, 0) is 16.1 Å². The van der Waals surface area contributed by atoms with Gasteiger partial charge in [-0.1, -0.05) is 5.16 Å². The molecule has 11 heteroatoms. The highest BCUT2D eigenvalue weighted by atomic mass is 19.4. The first-order valence-corrected chi connectivity index (χ1v) is 8.81. The van der Waals surface area contributed by atoms with E-state index in [0.717, 1.165) is 18.0 Å². The third-order valence-corrected chi connectivity index (χ3v) is 4.63. The molecule has 0 saturated carbocycles. The lowest BCUT2D eigenvalue weighted by atomic mass is 10.1. The highest BCUT2D eigenvalue weighted by molar-refractivity contribution is 5.93. The van der Waals surface area contributed by atoms with E-state index in [9.17, 15) is 22.4 Å². The molecular formula is C19H18F4N4O3. The summed E-state index contributed by atoms with van der Waals surface area (Å²) in [5, 5.41) is 3.88. The minimum absolute atomic E-state index is 0.0239. The Labute approximate surface area is 168 Å². The molecule has 2 aromatic heterocycles. The molecule has 0 bridgehead atoms. The summed E-state index contributed by atoms with van der Waals surface area (Å²) in [7, 11) is 0. The molecular weight excluding hydrogens is 408 g/mol. The van der Waals surface area contributed by atoms with Crippen molar-refractivity contribution >= 4 is 5.91 Å². The summed E-state index contributed by atoms with van der Waals surface area (Å²) >= 11 is 0. The third kappa shape index (κ3) is 4.44. The number of primary amides is 1. The first kappa shape index (κ1) is 21.3. The van der Waals surface area contributed by atoms with Crippen LogP contribution in [0.4, 0.5) is 17.6 Å². The van der Waals surface area contributed by atoms with Gasteiger partial charge in [0.05, 0.1) is 24.0 Å². The Morgan fingerprint density at radius 3 is 2.70 bits per heavy atom. The topological polar surface area (TPSA) is 94.5 Å².